The standard InChI is InChI=1S/C18H16Cl4N4O3S/c1-3-26-17(23-24-18(26)29-13-7-11(19)6-12(20)8-13)10(2)25-30(27,28)14-4-5-15(21)16(22)9-14/h4-10,25H,3H2,1-2H3/t10-/m1/s1. The second-order valence-electron chi connectivity index (χ2n) is 6.21. The van der Waals surface area contributed by atoms with Gasteiger partial charge in [0.2, 0.25) is 10.0 Å². The molecule has 0 aliphatic heterocycles. The van der Waals surface area contributed by atoms with Gasteiger partial charge in [0, 0.05) is 16.6 Å². The molecule has 30 heavy (non-hydrogen) atoms. The summed E-state index contributed by atoms with van der Waals surface area (Å²) in [6.45, 7) is 3.93. The molecule has 1 heterocycles. The van der Waals surface area contributed by atoms with E-state index in [9.17, 15) is 8.42 Å². The van der Waals surface area contributed by atoms with Crippen molar-refractivity contribution in [1.29, 1.82) is 0 Å². The number of nitrogens with one attached hydrogen (secondary N) is 1. The van der Waals surface area contributed by atoms with Crippen LogP contribution in [0.15, 0.2) is 41.3 Å². The quantitative estimate of drug-likeness (QED) is 0.438. The maximum Gasteiger partial charge on any atom is 0.322 e. The zero-order valence-corrected chi connectivity index (χ0v) is 19.6. The zero-order chi connectivity index (χ0) is 22.1. The number of hydrogen-bond acceptors (Lipinski definition) is 5. The molecule has 0 aliphatic rings. The minimum Gasteiger partial charge on any atom is -0.424 e. The fourth-order valence-electron chi connectivity index (χ4n) is 2.68. The Morgan fingerprint density at radius 3 is 2.30 bits per heavy atom. The number of sulfonamides is 1. The Kier molecular flexibility index (Phi) is 7.16. The van der Waals surface area contributed by atoms with Crippen LogP contribution in [0.5, 0.6) is 11.8 Å². The van der Waals surface area contributed by atoms with Crippen LogP contribution >= 0.6 is 46.4 Å². The predicted molar refractivity (Wildman–Crippen MR) is 117 cm³/mol. The van der Waals surface area contributed by atoms with Crippen LogP contribution in [0.25, 0.3) is 0 Å². The summed E-state index contributed by atoms with van der Waals surface area (Å²) in [6, 6.07) is 8.26. The number of ether oxygens (including phenoxy) is 1. The number of rotatable bonds is 7. The van der Waals surface area contributed by atoms with E-state index < -0.39 is 16.1 Å². The van der Waals surface area contributed by atoms with Gasteiger partial charge in [0.15, 0.2) is 5.82 Å². The topological polar surface area (TPSA) is 86.1 Å². The number of aromatic nitrogens is 3. The number of hydrogen-bond donors (Lipinski definition) is 1. The Morgan fingerprint density at radius 2 is 1.70 bits per heavy atom. The number of halogens is 4. The minimum absolute atomic E-state index is 0.0173. The van der Waals surface area contributed by atoms with Gasteiger partial charge in [-0.1, -0.05) is 51.5 Å². The summed E-state index contributed by atoms with van der Waals surface area (Å²) in [5.41, 5.74) is 0. The lowest BCUT2D eigenvalue weighted by molar-refractivity contribution is 0.408. The predicted octanol–water partition coefficient (Wildman–Crippen LogP) is 5.74. The van der Waals surface area contributed by atoms with Crippen molar-refractivity contribution in [2.75, 3.05) is 0 Å². The lowest BCUT2D eigenvalue weighted by Gasteiger charge is -2.15. The van der Waals surface area contributed by atoms with Crippen LogP contribution in [-0.2, 0) is 16.6 Å². The summed E-state index contributed by atoms with van der Waals surface area (Å²) < 4.78 is 35.4. The summed E-state index contributed by atoms with van der Waals surface area (Å²) in [5, 5.41) is 9.32. The maximum atomic E-state index is 12.7. The molecule has 3 aromatic rings. The largest absolute Gasteiger partial charge is 0.424 e. The third-order valence-corrected chi connectivity index (χ3v) is 6.74. The van der Waals surface area contributed by atoms with E-state index in [1.54, 1.807) is 29.7 Å². The second kappa shape index (κ2) is 9.30. The molecule has 0 fully saturated rings. The molecule has 0 radical (unpaired) electrons. The van der Waals surface area contributed by atoms with E-state index in [1.165, 1.54) is 18.2 Å². The van der Waals surface area contributed by atoms with Crippen molar-refractivity contribution in [2.45, 2.75) is 31.3 Å². The van der Waals surface area contributed by atoms with Gasteiger partial charge in [0.05, 0.1) is 21.0 Å². The maximum absolute atomic E-state index is 12.7. The summed E-state index contributed by atoms with van der Waals surface area (Å²) >= 11 is 23.8. The van der Waals surface area contributed by atoms with E-state index in [0.29, 0.717) is 28.2 Å². The van der Waals surface area contributed by atoms with Gasteiger partial charge in [0.1, 0.15) is 5.75 Å². The third-order valence-electron chi connectivity index (χ3n) is 4.03. The highest BCUT2D eigenvalue weighted by Gasteiger charge is 2.24. The first-order valence-corrected chi connectivity index (χ1v) is 11.6. The first kappa shape index (κ1) is 23.1. The highest BCUT2D eigenvalue weighted by Crippen LogP contribution is 2.29. The molecule has 1 N–H and O–H groups in total. The van der Waals surface area contributed by atoms with Gasteiger partial charge in [-0.05, 0) is 50.2 Å². The average Bonchev–Trinajstić information content (AvgIpc) is 3.05. The third kappa shape index (κ3) is 5.19. The summed E-state index contributed by atoms with van der Waals surface area (Å²) in [7, 11) is -3.88. The minimum atomic E-state index is -3.88. The molecule has 7 nitrogen and oxygen atoms in total. The molecule has 12 heteroatoms. The lowest BCUT2D eigenvalue weighted by atomic mass is 10.3. The molecule has 1 atom stereocenters. The van der Waals surface area contributed by atoms with Gasteiger partial charge in [-0.2, -0.15) is 0 Å². The summed E-state index contributed by atoms with van der Waals surface area (Å²) in [4.78, 5) is -0.0173. The van der Waals surface area contributed by atoms with Crippen LogP contribution in [0.1, 0.15) is 25.7 Å². The fourth-order valence-corrected chi connectivity index (χ4v) is 4.78. The fraction of sp³-hybridized carbons (Fsp3) is 0.222. The zero-order valence-electron chi connectivity index (χ0n) is 15.7. The molecule has 0 amide bonds. The van der Waals surface area contributed by atoms with E-state index in [2.05, 4.69) is 14.9 Å². The van der Waals surface area contributed by atoms with Crippen LogP contribution in [0, 0.1) is 0 Å². The van der Waals surface area contributed by atoms with Gasteiger partial charge in [-0.3, -0.25) is 4.57 Å². The normalized spacial score (nSPS) is 12.7. The van der Waals surface area contributed by atoms with Gasteiger partial charge in [0.25, 0.3) is 0 Å². The van der Waals surface area contributed by atoms with Crippen LogP contribution in [0.3, 0.4) is 0 Å². The monoisotopic (exact) mass is 508 g/mol. The number of benzene rings is 2. The van der Waals surface area contributed by atoms with Gasteiger partial charge >= 0.3 is 6.01 Å². The first-order chi connectivity index (χ1) is 14.1. The van der Waals surface area contributed by atoms with Gasteiger partial charge in [-0.25, -0.2) is 13.1 Å². The van der Waals surface area contributed by atoms with Crippen LogP contribution in [-0.4, -0.2) is 23.2 Å². The van der Waals surface area contributed by atoms with Crippen LogP contribution < -0.4 is 9.46 Å². The summed E-state index contributed by atoms with van der Waals surface area (Å²) in [6.07, 6.45) is 0. The number of nitrogens with zero attached hydrogens (tertiary/aromatic N) is 3. The molecule has 2 aromatic carbocycles. The highest BCUT2D eigenvalue weighted by atomic mass is 35.5. The van der Waals surface area contributed by atoms with Crippen molar-refractivity contribution in [3.05, 3.63) is 62.3 Å². The van der Waals surface area contributed by atoms with E-state index in [4.69, 9.17) is 51.1 Å². The molecule has 0 bridgehead atoms. The molecule has 0 aliphatic carbocycles. The SMILES string of the molecule is CCn1c(Oc2cc(Cl)cc(Cl)c2)nnc1[C@@H](C)NS(=O)(=O)c1ccc(Cl)c(Cl)c1. The Balaban J connectivity index is 1.85. The van der Waals surface area contributed by atoms with Gasteiger partial charge in [-0.15, -0.1) is 5.10 Å². The Labute approximate surface area is 193 Å². The van der Waals surface area contributed by atoms with E-state index in [-0.39, 0.29) is 21.0 Å². The van der Waals surface area contributed by atoms with E-state index in [0.717, 1.165) is 0 Å². The molecule has 0 saturated heterocycles. The summed E-state index contributed by atoms with van der Waals surface area (Å²) in [5.74, 6) is 0.745. The molecule has 0 spiro atoms. The lowest BCUT2D eigenvalue weighted by Crippen LogP contribution is -2.29. The van der Waals surface area contributed by atoms with Crippen molar-refractivity contribution in [3.8, 4) is 11.8 Å². The van der Waals surface area contributed by atoms with Gasteiger partial charge < -0.3 is 4.74 Å². The Bertz CT molecular complexity index is 1160. The van der Waals surface area contributed by atoms with Crippen molar-refractivity contribution in [1.82, 2.24) is 19.5 Å². The van der Waals surface area contributed by atoms with Crippen molar-refractivity contribution < 1.29 is 13.2 Å². The van der Waals surface area contributed by atoms with Crippen molar-refractivity contribution >= 4 is 56.4 Å². The molecule has 0 saturated carbocycles. The van der Waals surface area contributed by atoms with Crippen LogP contribution in [0.4, 0.5) is 0 Å². The molecule has 0 unspecified atom stereocenters. The van der Waals surface area contributed by atoms with Crippen molar-refractivity contribution in [3.63, 3.8) is 0 Å². The van der Waals surface area contributed by atoms with Crippen molar-refractivity contribution in [2.24, 2.45) is 0 Å². The molecule has 160 valence electrons. The molecular formula is C18H16Cl4N4O3S. The molecule has 3 rings (SSSR count). The van der Waals surface area contributed by atoms with E-state index in [1.807, 2.05) is 6.92 Å². The Morgan fingerprint density at radius 1 is 1.03 bits per heavy atom. The molecule has 1 aromatic heterocycles. The smallest absolute Gasteiger partial charge is 0.322 e. The van der Waals surface area contributed by atoms with Crippen LogP contribution in [0.2, 0.25) is 20.1 Å². The highest BCUT2D eigenvalue weighted by molar-refractivity contribution is 7.89. The second-order valence-corrected chi connectivity index (χ2v) is 9.61. The molecular weight excluding hydrogens is 494 g/mol. The Hall–Kier alpha value is -1.55. The van der Waals surface area contributed by atoms with E-state index >= 15 is 0 Å². The average molecular weight is 510 g/mol. The first-order valence-electron chi connectivity index (χ1n) is 8.65.